The highest BCUT2D eigenvalue weighted by atomic mass is 79.9. The molecule has 0 aromatic heterocycles. The van der Waals surface area contributed by atoms with Gasteiger partial charge in [0.25, 0.3) is 0 Å². The topological polar surface area (TPSA) is 41.1 Å². The fourth-order valence-electron chi connectivity index (χ4n) is 2.23. The summed E-state index contributed by atoms with van der Waals surface area (Å²) in [6, 6.07) is 18.2. The zero-order valence-electron chi connectivity index (χ0n) is 12.8. The number of benzene rings is 2. The monoisotopic (exact) mass is 360 g/mol. The molecule has 2 atom stereocenters. The third kappa shape index (κ3) is 4.97. The Kier molecular flexibility index (Phi) is 6.16. The summed E-state index contributed by atoms with van der Waals surface area (Å²) < 4.78 is 1.04. The molecule has 0 heterocycles. The average Bonchev–Trinajstić information content (AvgIpc) is 2.54. The first-order chi connectivity index (χ1) is 10.6. The third-order valence-electron chi connectivity index (χ3n) is 3.62. The van der Waals surface area contributed by atoms with Gasteiger partial charge in [0.15, 0.2) is 0 Å². The molecule has 2 rings (SSSR count). The van der Waals surface area contributed by atoms with Gasteiger partial charge in [-0.1, -0.05) is 58.4 Å². The van der Waals surface area contributed by atoms with Crippen molar-refractivity contribution in [2.24, 2.45) is 0 Å². The lowest BCUT2D eigenvalue weighted by molar-refractivity contribution is -0.121. The van der Waals surface area contributed by atoms with E-state index in [1.165, 1.54) is 5.56 Å². The molecule has 0 saturated carbocycles. The summed E-state index contributed by atoms with van der Waals surface area (Å²) in [6.07, 6.45) is 0. The smallest absolute Gasteiger partial charge is 0.234 e. The van der Waals surface area contributed by atoms with Crippen LogP contribution in [0.4, 0.5) is 0 Å². The molecule has 0 aliphatic rings. The van der Waals surface area contributed by atoms with E-state index in [-0.39, 0.29) is 18.0 Å². The van der Waals surface area contributed by atoms with E-state index in [4.69, 9.17) is 0 Å². The average molecular weight is 361 g/mol. The molecule has 0 unspecified atom stereocenters. The first kappa shape index (κ1) is 16.7. The van der Waals surface area contributed by atoms with Crippen molar-refractivity contribution in [3.63, 3.8) is 0 Å². The molecule has 0 aliphatic carbocycles. The number of hydrogen-bond acceptors (Lipinski definition) is 2. The van der Waals surface area contributed by atoms with Crippen LogP contribution in [-0.4, -0.2) is 12.5 Å². The Hall–Kier alpha value is -1.65. The largest absolute Gasteiger partial charge is 0.348 e. The van der Waals surface area contributed by atoms with E-state index in [1.807, 2.05) is 49.4 Å². The molecule has 0 saturated heterocycles. The maximum Gasteiger partial charge on any atom is 0.234 e. The molecular formula is C18H21BrN2O. The number of nitrogens with one attached hydrogen (secondary N) is 2. The van der Waals surface area contributed by atoms with Crippen molar-refractivity contribution >= 4 is 21.8 Å². The molecule has 0 radical (unpaired) electrons. The minimum absolute atomic E-state index is 0.00167. The molecule has 2 aromatic rings. The zero-order valence-corrected chi connectivity index (χ0v) is 14.4. The third-order valence-corrected chi connectivity index (χ3v) is 4.14. The normalized spacial score (nSPS) is 13.4. The predicted octanol–water partition coefficient (Wildman–Crippen LogP) is 3.98. The van der Waals surface area contributed by atoms with Gasteiger partial charge >= 0.3 is 0 Å². The van der Waals surface area contributed by atoms with E-state index in [0.29, 0.717) is 6.54 Å². The molecule has 0 spiro atoms. The molecular weight excluding hydrogens is 340 g/mol. The van der Waals surface area contributed by atoms with Gasteiger partial charge in [-0.3, -0.25) is 4.79 Å². The van der Waals surface area contributed by atoms with E-state index in [9.17, 15) is 4.79 Å². The second-order valence-electron chi connectivity index (χ2n) is 5.35. The van der Waals surface area contributed by atoms with Crippen LogP contribution >= 0.6 is 15.9 Å². The van der Waals surface area contributed by atoms with Crippen LogP contribution in [-0.2, 0) is 4.79 Å². The first-order valence-electron chi connectivity index (χ1n) is 7.39. The highest BCUT2D eigenvalue weighted by molar-refractivity contribution is 9.10. The van der Waals surface area contributed by atoms with Crippen molar-refractivity contribution < 1.29 is 4.79 Å². The van der Waals surface area contributed by atoms with Crippen molar-refractivity contribution in [1.82, 2.24) is 10.6 Å². The van der Waals surface area contributed by atoms with Crippen molar-refractivity contribution in [1.29, 1.82) is 0 Å². The second kappa shape index (κ2) is 8.11. The van der Waals surface area contributed by atoms with Crippen molar-refractivity contribution in [3.05, 3.63) is 70.2 Å². The Labute approximate surface area is 140 Å². The summed E-state index contributed by atoms with van der Waals surface area (Å²) in [7, 11) is 0. The Morgan fingerprint density at radius 3 is 2.18 bits per heavy atom. The predicted molar refractivity (Wildman–Crippen MR) is 93.6 cm³/mol. The van der Waals surface area contributed by atoms with Crippen LogP contribution in [0.25, 0.3) is 0 Å². The molecule has 1 amide bonds. The van der Waals surface area contributed by atoms with Gasteiger partial charge in [-0.25, -0.2) is 0 Å². The van der Waals surface area contributed by atoms with Gasteiger partial charge in [0.1, 0.15) is 0 Å². The lowest BCUT2D eigenvalue weighted by Crippen LogP contribution is -2.36. The van der Waals surface area contributed by atoms with E-state index < -0.39 is 0 Å². The summed E-state index contributed by atoms with van der Waals surface area (Å²) in [5.74, 6) is -0.00167. The molecule has 3 nitrogen and oxygen atoms in total. The number of carbonyl (C=O) groups is 1. The molecule has 2 aromatic carbocycles. The lowest BCUT2D eigenvalue weighted by Gasteiger charge is -2.17. The van der Waals surface area contributed by atoms with E-state index in [1.54, 1.807) is 0 Å². The van der Waals surface area contributed by atoms with E-state index in [2.05, 4.69) is 45.6 Å². The zero-order chi connectivity index (χ0) is 15.9. The van der Waals surface area contributed by atoms with Crippen LogP contribution in [0.1, 0.15) is 37.1 Å². The van der Waals surface area contributed by atoms with Crippen molar-refractivity contribution in [2.75, 3.05) is 6.54 Å². The summed E-state index contributed by atoms with van der Waals surface area (Å²) in [5.41, 5.74) is 2.27. The highest BCUT2D eigenvalue weighted by Crippen LogP contribution is 2.16. The van der Waals surface area contributed by atoms with Crippen molar-refractivity contribution in [3.8, 4) is 0 Å². The Morgan fingerprint density at radius 1 is 0.955 bits per heavy atom. The Bertz CT molecular complexity index is 598. The summed E-state index contributed by atoms with van der Waals surface area (Å²) >= 11 is 3.41. The van der Waals surface area contributed by atoms with Crippen LogP contribution in [0.5, 0.6) is 0 Å². The fraction of sp³-hybridized carbons (Fsp3) is 0.278. The van der Waals surface area contributed by atoms with Gasteiger partial charge in [0.05, 0.1) is 12.6 Å². The van der Waals surface area contributed by atoms with Gasteiger partial charge in [-0.05, 0) is 37.1 Å². The lowest BCUT2D eigenvalue weighted by atomic mass is 10.1. The number of amides is 1. The van der Waals surface area contributed by atoms with Gasteiger partial charge in [0, 0.05) is 10.5 Å². The van der Waals surface area contributed by atoms with Gasteiger partial charge in [0.2, 0.25) is 5.91 Å². The van der Waals surface area contributed by atoms with Crippen LogP contribution in [0, 0.1) is 0 Å². The van der Waals surface area contributed by atoms with Crippen LogP contribution in [0.15, 0.2) is 59.1 Å². The Morgan fingerprint density at radius 2 is 1.55 bits per heavy atom. The molecule has 0 fully saturated rings. The summed E-state index contributed by atoms with van der Waals surface area (Å²) in [4.78, 5) is 12.0. The van der Waals surface area contributed by atoms with Crippen LogP contribution in [0.3, 0.4) is 0 Å². The van der Waals surface area contributed by atoms with Gasteiger partial charge < -0.3 is 10.6 Å². The van der Waals surface area contributed by atoms with Gasteiger partial charge in [-0.2, -0.15) is 0 Å². The second-order valence-corrected chi connectivity index (χ2v) is 6.27. The molecule has 4 heteroatoms. The summed E-state index contributed by atoms with van der Waals surface area (Å²) in [6.45, 7) is 4.35. The Balaban J connectivity index is 1.81. The molecule has 2 N–H and O–H groups in total. The number of rotatable bonds is 6. The number of carbonyl (C=O) groups excluding carboxylic acids is 1. The molecule has 0 aliphatic heterocycles. The quantitative estimate of drug-likeness (QED) is 0.817. The maximum absolute atomic E-state index is 12.0. The van der Waals surface area contributed by atoms with Crippen LogP contribution < -0.4 is 10.6 Å². The molecule has 22 heavy (non-hydrogen) atoms. The minimum atomic E-state index is -0.00516. The SMILES string of the molecule is C[C@@H](NCC(=O)N[C@H](C)c1ccc(Br)cc1)c1ccccc1. The number of hydrogen-bond donors (Lipinski definition) is 2. The minimum Gasteiger partial charge on any atom is -0.348 e. The van der Waals surface area contributed by atoms with E-state index in [0.717, 1.165) is 10.0 Å². The van der Waals surface area contributed by atoms with Gasteiger partial charge in [-0.15, -0.1) is 0 Å². The highest BCUT2D eigenvalue weighted by Gasteiger charge is 2.11. The van der Waals surface area contributed by atoms with Crippen LogP contribution in [0.2, 0.25) is 0 Å². The van der Waals surface area contributed by atoms with Crippen molar-refractivity contribution in [2.45, 2.75) is 25.9 Å². The van der Waals surface area contributed by atoms with E-state index >= 15 is 0 Å². The number of halogens is 1. The fourth-order valence-corrected chi connectivity index (χ4v) is 2.50. The molecule has 116 valence electrons. The first-order valence-corrected chi connectivity index (χ1v) is 8.18. The molecule has 0 bridgehead atoms. The maximum atomic E-state index is 12.0. The summed E-state index contributed by atoms with van der Waals surface area (Å²) in [5, 5.41) is 6.25. The standard InChI is InChI=1S/C18H21BrN2O/c1-13(15-6-4-3-5-7-15)20-12-18(22)21-14(2)16-8-10-17(19)11-9-16/h3-11,13-14,20H,12H2,1-2H3,(H,21,22)/t13-,14-/m1/s1.